The van der Waals surface area contributed by atoms with E-state index in [1.165, 1.54) is 12.8 Å². The minimum atomic E-state index is -0.147. The zero-order valence-electron chi connectivity index (χ0n) is 10.0. The number of nitrogens with zero attached hydrogens (tertiary/aromatic N) is 1. The Bertz CT molecular complexity index is 249. The largest absolute Gasteiger partial charge is 0.391 e. The van der Waals surface area contributed by atoms with Crippen molar-refractivity contribution in [3.8, 4) is 0 Å². The molecule has 2 unspecified atom stereocenters. The molecule has 0 radical (unpaired) electrons. The van der Waals surface area contributed by atoms with Gasteiger partial charge in [0.15, 0.2) is 0 Å². The van der Waals surface area contributed by atoms with Crippen LogP contribution in [0.2, 0.25) is 0 Å². The van der Waals surface area contributed by atoms with Crippen molar-refractivity contribution in [2.24, 2.45) is 16.7 Å². The predicted molar refractivity (Wildman–Crippen MR) is 58.1 cm³/mol. The second kappa shape index (κ2) is 2.73. The lowest BCUT2D eigenvalue weighted by Crippen LogP contribution is -2.46. The lowest BCUT2D eigenvalue weighted by atomic mass is 9.70. The zero-order valence-corrected chi connectivity index (χ0v) is 10.0. The van der Waals surface area contributed by atoms with Crippen LogP contribution in [0.25, 0.3) is 0 Å². The first-order valence-electron chi connectivity index (χ1n) is 5.67. The fourth-order valence-corrected chi connectivity index (χ4v) is 3.93. The molecule has 0 aromatic carbocycles. The number of hydrogen-bond donors (Lipinski definition) is 1. The standard InChI is InChI=1S/C12H23NO/c1-11(2)8-6-7-12(11,3)10(14)9(8)13(4)5/h8-10,14H,6-7H2,1-5H3/t8?,9-,10-,12?/m1/s1. The molecule has 82 valence electrons. The molecule has 2 aliphatic rings. The van der Waals surface area contributed by atoms with Gasteiger partial charge in [-0.25, -0.2) is 0 Å². The molecule has 2 bridgehead atoms. The summed E-state index contributed by atoms with van der Waals surface area (Å²) < 4.78 is 0. The first-order chi connectivity index (χ1) is 6.32. The molecule has 2 saturated carbocycles. The summed E-state index contributed by atoms with van der Waals surface area (Å²) in [7, 11) is 4.18. The van der Waals surface area contributed by atoms with Crippen LogP contribution >= 0.6 is 0 Å². The molecule has 14 heavy (non-hydrogen) atoms. The van der Waals surface area contributed by atoms with Crippen molar-refractivity contribution in [3.63, 3.8) is 0 Å². The minimum absolute atomic E-state index is 0.132. The number of rotatable bonds is 1. The maximum atomic E-state index is 10.4. The fraction of sp³-hybridized carbons (Fsp3) is 1.00. The lowest BCUT2D eigenvalue weighted by molar-refractivity contribution is -0.0195. The van der Waals surface area contributed by atoms with E-state index in [1.54, 1.807) is 0 Å². The van der Waals surface area contributed by atoms with E-state index in [-0.39, 0.29) is 11.5 Å². The number of likely N-dealkylation sites (N-methyl/N-ethyl adjacent to an activating group) is 1. The summed E-state index contributed by atoms with van der Waals surface area (Å²) in [5, 5.41) is 10.4. The molecule has 0 aromatic heterocycles. The lowest BCUT2D eigenvalue weighted by Gasteiger charge is -2.38. The highest BCUT2D eigenvalue weighted by Gasteiger charge is 2.66. The van der Waals surface area contributed by atoms with Crippen LogP contribution in [0.4, 0.5) is 0 Å². The molecule has 0 spiro atoms. The second-order valence-electron chi connectivity index (χ2n) is 6.18. The third-order valence-corrected chi connectivity index (χ3v) is 5.36. The third kappa shape index (κ3) is 0.938. The maximum absolute atomic E-state index is 10.4. The van der Waals surface area contributed by atoms with Crippen molar-refractivity contribution >= 4 is 0 Å². The van der Waals surface area contributed by atoms with Crippen molar-refractivity contribution in [2.45, 2.75) is 45.8 Å². The highest BCUT2D eigenvalue weighted by atomic mass is 16.3. The van der Waals surface area contributed by atoms with E-state index in [9.17, 15) is 5.11 Å². The van der Waals surface area contributed by atoms with Gasteiger partial charge in [-0.2, -0.15) is 0 Å². The number of aliphatic hydroxyl groups is 1. The van der Waals surface area contributed by atoms with Crippen LogP contribution < -0.4 is 0 Å². The first kappa shape index (κ1) is 10.4. The molecule has 2 aliphatic carbocycles. The first-order valence-corrected chi connectivity index (χ1v) is 5.67. The molecular weight excluding hydrogens is 174 g/mol. The average Bonchev–Trinajstić information content (AvgIpc) is 2.35. The van der Waals surface area contributed by atoms with E-state index < -0.39 is 0 Å². The van der Waals surface area contributed by atoms with Gasteiger partial charge in [0.2, 0.25) is 0 Å². The van der Waals surface area contributed by atoms with Gasteiger partial charge in [0, 0.05) is 11.5 Å². The van der Waals surface area contributed by atoms with E-state index in [0.29, 0.717) is 17.4 Å². The highest BCUT2D eigenvalue weighted by molar-refractivity contribution is 5.16. The molecule has 2 fully saturated rings. The van der Waals surface area contributed by atoms with Crippen molar-refractivity contribution in [2.75, 3.05) is 14.1 Å². The summed E-state index contributed by atoms with van der Waals surface area (Å²) in [6.07, 6.45) is 2.32. The van der Waals surface area contributed by atoms with Gasteiger partial charge in [-0.3, -0.25) is 0 Å². The Morgan fingerprint density at radius 2 is 1.79 bits per heavy atom. The topological polar surface area (TPSA) is 23.5 Å². The Morgan fingerprint density at radius 1 is 1.21 bits per heavy atom. The molecular formula is C12H23NO. The molecule has 1 N–H and O–H groups in total. The van der Waals surface area contributed by atoms with E-state index in [0.717, 1.165) is 0 Å². The van der Waals surface area contributed by atoms with Crippen LogP contribution in [0.3, 0.4) is 0 Å². The van der Waals surface area contributed by atoms with Crippen molar-refractivity contribution in [1.29, 1.82) is 0 Å². The summed E-state index contributed by atoms with van der Waals surface area (Å²) in [5.74, 6) is 0.664. The molecule has 0 aromatic rings. The quantitative estimate of drug-likeness (QED) is 0.692. The van der Waals surface area contributed by atoms with Gasteiger partial charge in [-0.1, -0.05) is 20.8 Å². The van der Waals surface area contributed by atoms with Crippen LogP contribution in [0.5, 0.6) is 0 Å². The second-order valence-corrected chi connectivity index (χ2v) is 6.18. The van der Waals surface area contributed by atoms with E-state index >= 15 is 0 Å². The van der Waals surface area contributed by atoms with Crippen LogP contribution in [0.1, 0.15) is 33.6 Å². The van der Waals surface area contributed by atoms with Gasteiger partial charge in [0.25, 0.3) is 0 Å². The zero-order chi connectivity index (χ0) is 10.7. The van der Waals surface area contributed by atoms with Gasteiger partial charge in [-0.05, 0) is 38.3 Å². The minimum Gasteiger partial charge on any atom is -0.391 e. The van der Waals surface area contributed by atoms with Crippen molar-refractivity contribution in [3.05, 3.63) is 0 Å². The Kier molecular flexibility index (Phi) is 2.04. The average molecular weight is 197 g/mol. The molecule has 0 saturated heterocycles. The third-order valence-electron chi connectivity index (χ3n) is 5.36. The van der Waals surface area contributed by atoms with Gasteiger partial charge in [0.05, 0.1) is 6.10 Å². The fourth-order valence-electron chi connectivity index (χ4n) is 3.93. The Labute approximate surface area is 87.3 Å². The smallest absolute Gasteiger partial charge is 0.0756 e. The summed E-state index contributed by atoms with van der Waals surface area (Å²) in [6, 6.07) is 0.365. The number of aliphatic hydroxyl groups excluding tert-OH is 1. The van der Waals surface area contributed by atoms with Crippen molar-refractivity contribution < 1.29 is 5.11 Å². The molecule has 2 nitrogen and oxygen atoms in total. The Hall–Kier alpha value is -0.0800. The number of fused-ring (bicyclic) bond motifs is 2. The van der Waals surface area contributed by atoms with E-state index in [4.69, 9.17) is 0 Å². The predicted octanol–water partition coefficient (Wildman–Crippen LogP) is 1.73. The van der Waals surface area contributed by atoms with Crippen LogP contribution in [-0.2, 0) is 0 Å². The van der Waals surface area contributed by atoms with Crippen molar-refractivity contribution in [1.82, 2.24) is 4.90 Å². The monoisotopic (exact) mass is 197 g/mol. The molecule has 2 heteroatoms. The van der Waals surface area contributed by atoms with E-state index in [1.807, 2.05) is 0 Å². The van der Waals surface area contributed by atoms with Crippen LogP contribution in [0, 0.1) is 16.7 Å². The summed E-state index contributed by atoms with van der Waals surface area (Å²) in [5.41, 5.74) is 0.425. The molecule has 0 heterocycles. The summed E-state index contributed by atoms with van der Waals surface area (Å²) >= 11 is 0. The summed E-state index contributed by atoms with van der Waals surface area (Å²) in [6.45, 7) is 6.93. The van der Waals surface area contributed by atoms with Gasteiger partial charge >= 0.3 is 0 Å². The Balaban J connectivity index is 2.39. The van der Waals surface area contributed by atoms with E-state index in [2.05, 4.69) is 39.8 Å². The summed E-state index contributed by atoms with van der Waals surface area (Å²) in [4.78, 5) is 2.21. The molecule has 0 aliphatic heterocycles. The van der Waals surface area contributed by atoms with Gasteiger partial charge in [-0.15, -0.1) is 0 Å². The van der Waals surface area contributed by atoms with Gasteiger partial charge in [0.1, 0.15) is 0 Å². The Morgan fingerprint density at radius 3 is 2.07 bits per heavy atom. The molecule has 4 atom stereocenters. The number of hydrogen-bond acceptors (Lipinski definition) is 2. The normalized spacial score (nSPS) is 50.4. The molecule has 0 amide bonds. The molecule has 2 rings (SSSR count). The van der Waals surface area contributed by atoms with Crippen LogP contribution in [0.15, 0.2) is 0 Å². The SMILES string of the molecule is CN(C)[C@@H]1C2CCC(C)([C@@H]1O)C2(C)C. The maximum Gasteiger partial charge on any atom is 0.0756 e. The van der Waals surface area contributed by atoms with Gasteiger partial charge < -0.3 is 10.0 Å². The highest BCUT2D eigenvalue weighted by Crippen LogP contribution is 2.66. The van der Waals surface area contributed by atoms with Crippen LogP contribution in [-0.4, -0.2) is 36.2 Å².